The van der Waals surface area contributed by atoms with Gasteiger partial charge in [-0.25, -0.2) is 0 Å². The van der Waals surface area contributed by atoms with Crippen molar-refractivity contribution in [2.75, 3.05) is 7.11 Å². The molecule has 0 aliphatic heterocycles. The monoisotopic (exact) mass is 314 g/mol. The van der Waals surface area contributed by atoms with E-state index in [0.717, 1.165) is 12.2 Å². The molecule has 1 rings (SSSR count). The SMILES string of the molecule is CCC/C=C/C/C=C/CCCCCCCc1cccc(OC)c1. The lowest BCUT2D eigenvalue weighted by molar-refractivity contribution is 0.414. The average Bonchev–Trinajstić information content (AvgIpc) is 2.59. The number of ether oxygens (including phenoxy) is 1. The fraction of sp³-hybridized carbons (Fsp3) is 0.545. The molecule has 128 valence electrons. The van der Waals surface area contributed by atoms with Gasteiger partial charge < -0.3 is 4.74 Å². The molecule has 0 unspecified atom stereocenters. The fourth-order valence-electron chi connectivity index (χ4n) is 2.62. The Bertz CT molecular complexity index is 445. The normalized spacial score (nSPS) is 11.6. The van der Waals surface area contributed by atoms with Gasteiger partial charge in [0.1, 0.15) is 5.75 Å². The molecule has 0 N–H and O–H groups in total. The Morgan fingerprint density at radius 1 is 0.870 bits per heavy atom. The van der Waals surface area contributed by atoms with E-state index in [4.69, 9.17) is 4.74 Å². The van der Waals surface area contributed by atoms with Gasteiger partial charge in [0.25, 0.3) is 0 Å². The summed E-state index contributed by atoms with van der Waals surface area (Å²) >= 11 is 0. The van der Waals surface area contributed by atoms with Gasteiger partial charge in [0.15, 0.2) is 0 Å². The van der Waals surface area contributed by atoms with E-state index in [1.165, 1.54) is 63.4 Å². The first-order valence-corrected chi connectivity index (χ1v) is 9.29. The van der Waals surface area contributed by atoms with Crippen molar-refractivity contribution in [3.8, 4) is 5.75 Å². The number of methoxy groups -OCH3 is 1. The van der Waals surface area contributed by atoms with Gasteiger partial charge in [0, 0.05) is 0 Å². The summed E-state index contributed by atoms with van der Waals surface area (Å²) in [6.45, 7) is 2.22. The van der Waals surface area contributed by atoms with Crippen LogP contribution in [-0.4, -0.2) is 7.11 Å². The number of benzene rings is 1. The Labute approximate surface area is 143 Å². The predicted octanol–water partition coefficient (Wildman–Crippen LogP) is 6.88. The Kier molecular flexibility index (Phi) is 12.0. The van der Waals surface area contributed by atoms with E-state index in [2.05, 4.69) is 49.4 Å². The van der Waals surface area contributed by atoms with Gasteiger partial charge in [0.2, 0.25) is 0 Å². The third kappa shape index (κ3) is 10.8. The molecule has 0 aromatic heterocycles. The fourth-order valence-corrected chi connectivity index (χ4v) is 2.62. The number of rotatable bonds is 13. The second-order valence-corrected chi connectivity index (χ2v) is 6.13. The summed E-state index contributed by atoms with van der Waals surface area (Å²) < 4.78 is 5.26. The largest absolute Gasteiger partial charge is 0.497 e. The molecule has 0 fully saturated rings. The highest BCUT2D eigenvalue weighted by Crippen LogP contribution is 2.15. The standard InChI is InChI=1S/C22H34O/c1-3-4-5-6-7-8-9-10-11-12-13-14-15-17-21-18-16-19-22(20-21)23-2/h5-6,8-9,16,18-20H,3-4,7,10-15,17H2,1-2H3/b6-5+,9-8+. The lowest BCUT2D eigenvalue weighted by Gasteiger charge is -2.04. The molecule has 1 aromatic rings. The number of aryl methyl sites for hydroxylation is 1. The summed E-state index contributed by atoms with van der Waals surface area (Å²) in [5.41, 5.74) is 1.39. The van der Waals surface area contributed by atoms with Crippen molar-refractivity contribution in [2.45, 2.75) is 71.1 Å². The highest BCUT2D eigenvalue weighted by Gasteiger charge is 1.96. The van der Waals surface area contributed by atoms with Gasteiger partial charge in [-0.3, -0.25) is 0 Å². The molecule has 0 bridgehead atoms. The zero-order valence-corrected chi connectivity index (χ0v) is 15.1. The molecular formula is C22H34O. The van der Waals surface area contributed by atoms with E-state index >= 15 is 0 Å². The van der Waals surface area contributed by atoms with Crippen molar-refractivity contribution < 1.29 is 4.74 Å². The minimum atomic E-state index is 0.971. The molecule has 0 saturated carbocycles. The number of hydrogen-bond donors (Lipinski definition) is 0. The summed E-state index contributed by atoms with van der Waals surface area (Å²) in [5, 5.41) is 0. The van der Waals surface area contributed by atoms with Gasteiger partial charge in [0.05, 0.1) is 7.11 Å². The maximum atomic E-state index is 5.26. The van der Waals surface area contributed by atoms with Crippen molar-refractivity contribution in [3.05, 3.63) is 54.1 Å². The number of unbranched alkanes of at least 4 members (excludes halogenated alkanes) is 6. The van der Waals surface area contributed by atoms with E-state index in [1.807, 2.05) is 6.07 Å². The Hall–Kier alpha value is -1.50. The van der Waals surface area contributed by atoms with E-state index in [0.29, 0.717) is 0 Å². The molecular weight excluding hydrogens is 280 g/mol. The lowest BCUT2D eigenvalue weighted by Crippen LogP contribution is -1.88. The smallest absolute Gasteiger partial charge is 0.119 e. The topological polar surface area (TPSA) is 9.23 Å². The van der Waals surface area contributed by atoms with Crippen LogP contribution >= 0.6 is 0 Å². The highest BCUT2D eigenvalue weighted by atomic mass is 16.5. The van der Waals surface area contributed by atoms with Crippen LogP contribution in [0.5, 0.6) is 5.75 Å². The molecule has 0 saturated heterocycles. The molecule has 0 spiro atoms. The summed E-state index contributed by atoms with van der Waals surface area (Å²) in [5.74, 6) is 0.971. The Morgan fingerprint density at radius 2 is 1.61 bits per heavy atom. The summed E-state index contributed by atoms with van der Waals surface area (Å²) in [7, 11) is 1.73. The molecule has 23 heavy (non-hydrogen) atoms. The zero-order valence-electron chi connectivity index (χ0n) is 15.1. The minimum Gasteiger partial charge on any atom is -0.497 e. The maximum Gasteiger partial charge on any atom is 0.119 e. The molecule has 1 aromatic carbocycles. The van der Waals surface area contributed by atoms with Crippen LogP contribution in [0.4, 0.5) is 0 Å². The highest BCUT2D eigenvalue weighted by molar-refractivity contribution is 5.28. The van der Waals surface area contributed by atoms with Crippen LogP contribution in [0.2, 0.25) is 0 Å². The second-order valence-electron chi connectivity index (χ2n) is 6.13. The Morgan fingerprint density at radius 3 is 2.39 bits per heavy atom. The molecule has 0 radical (unpaired) electrons. The van der Waals surface area contributed by atoms with E-state index in [9.17, 15) is 0 Å². The second kappa shape index (κ2) is 14.1. The molecule has 1 heteroatoms. The van der Waals surface area contributed by atoms with E-state index in [1.54, 1.807) is 7.11 Å². The van der Waals surface area contributed by atoms with Crippen LogP contribution < -0.4 is 4.74 Å². The van der Waals surface area contributed by atoms with Crippen LogP contribution in [0.15, 0.2) is 48.6 Å². The Balaban J connectivity index is 1.94. The molecule has 0 atom stereocenters. The third-order valence-corrected chi connectivity index (χ3v) is 4.03. The summed E-state index contributed by atoms with van der Waals surface area (Å²) in [4.78, 5) is 0. The first-order chi connectivity index (χ1) is 11.4. The van der Waals surface area contributed by atoms with Crippen molar-refractivity contribution in [2.24, 2.45) is 0 Å². The molecule has 0 aliphatic carbocycles. The van der Waals surface area contributed by atoms with Gasteiger partial charge in [-0.1, -0.05) is 69.0 Å². The number of allylic oxidation sites excluding steroid dienone is 4. The van der Waals surface area contributed by atoms with Crippen molar-refractivity contribution in [1.82, 2.24) is 0 Å². The van der Waals surface area contributed by atoms with Gasteiger partial charge in [-0.05, 0) is 56.2 Å². The van der Waals surface area contributed by atoms with Crippen LogP contribution in [0.3, 0.4) is 0 Å². The predicted molar refractivity (Wildman–Crippen MR) is 102 cm³/mol. The van der Waals surface area contributed by atoms with Crippen molar-refractivity contribution in [1.29, 1.82) is 0 Å². The van der Waals surface area contributed by atoms with Gasteiger partial charge in [-0.15, -0.1) is 0 Å². The molecule has 1 nitrogen and oxygen atoms in total. The van der Waals surface area contributed by atoms with E-state index < -0.39 is 0 Å². The third-order valence-electron chi connectivity index (χ3n) is 4.03. The number of hydrogen-bond acceptors (Lipinski definition) is 1. The molecule has 0 aliphatic rings. The van der Waals surface area contributed by atoms with Crippen LogP contribution in [-0.2, 0) is 6.42 Å². The lowest BCUT2D eigenvalue weighted by atomic mass is 10.0. The molecule has 0 heterocycles. The first-order valence-electron chi connectivity index (χ1n) is 9.29. The van der Waals surface area contributed by atoms with Crippen LogP contribution in [0.25, 0.3) is 0 Å². The van der Waals surface area contributed by atoms with Crippen molar-refractivity contribution >= 4 is 0 Å². The minimum absolute atomic E-state index is 0.971. The van der Waals surface area contributed by atoms with Crippen LogP contribution in [0, 0.1) is 0 Å². The van der Waals surface area contributed by atoms with Gasteiger partial charge >= 0.3 is 0 Å². The first kappa shape index (κ1) is 19.5. The van der Waals surface area contributed by atoms with Gasteiger partial charge in [-0.2, -0.15) is 0 Å². The van der Waals surface area contributed by atoms with Crippen molar-refractivity contribution in [3.63, 3.8) is 0 Å². The van der Waals surface area contributed by atoms with Crippen LogP contribution in [0.1, 0.15) is 70.3 Å². The summed E-state index contributed by atoms with van der Waals surface area (Å²) in [6.07, 6.45) is 21.8. The average molecular weight is 315 g/mol. The molecule has 0 amide bonds. The summed E-state index contributed by atoms with van der Waals surface area (Å²) in [6, 6.07) is 8.44. The quantitative estimate of drug-likeness (QED) is 0.285. The zero-order chi connectivity index (χ0) is 16.6. The maximum absolute atomic E-state index is 5.26. The van der Waals surface area contributed by atoms with E-state index in [-0.39, 0.29) is 0 Å².